The molecule has 0 amide bonds. The van der Waals surface area contributed by atoms with Gasteiger partial charge in [0.25, 0.3) is 0 Å². The molecule has 27 heavy (non-hydrogen) atoms. The van der Waals surface area contributed by atoms with Gasteiger partial charge in [-0.1, -0.05) is 6.07 Å². The number of hydrogen-bond acceptors (Lipinski definition) is 3. The molecule has 4 heteroatoms. The number of aryl methyl sites for hydroxylation is 2. The Morgan fingerprint density at radius 3 is 2.52 bits per heavy atom. The zero-order valence-corrected chi connectivity index (χ0v) is 16.2. The van der Waals surface area contributed by atoms with Crippen LogP contribution in [0.1, 0.15) is 47.6 Å². The maximum atomic E-state index is 14.3. The summed E-state index contributed by atoms with van der Waals surface area (Å²) in [5.74, 6) is 1.31. The molecule has 3 nitrogen and oxygen atoms in total. The zero-order valence-electron chi connectivity index (χ0n) is 16.2. The Bertz CT molecular complexity index is 820. The van der Waals surface area contributed by atoms with E-state index in [4.69, 9.17) is 15.2 Å². The van der Waals surface area contributed by atoms with Crippen molar-refractivity contribution in [2.45, 2.75) is 45.6 Å². The first-order valence-electron chi connectivity index (χ1n) is 9.93. The van der Waals surface area contributed by atoms with Gasteiger partial charge in [0.15, 0.2) is 0 Å². The van der Waals surface area contributed by atoms with Crippen LogP contribution in [0.15, 0.2) is 24.3 Å². The highest BCUT2D eigenvalue weighted by atomic mass is 19.1. The first-order chi connectivity index (χ1) is 13.0. The van der Waals surface area contributed by atoms with Gasteiger partial charge in [0.1, 0.15) is 11.6 Å². The van der Waals surface area contributed by atoms with E-state index in [1.54, 1.807) is 6.07 Å². The van der Waals surface area contributed by atoms with Crippen LogP contribution in [-0.4, -0.2) is 19.8 Å². The Balaban J connectivity index is 1.62. The maximum Gasteiger partial charge on any atom is 0.128 e. The molecule has 0 radical (unpaired) electrons. The lowest BCUT2D eigenvalue weighted by atomic mass is 9.90. The van der Waals surface area contributed by atoms with Crippen LogP contribution in [0.5, 0.6) is 5.75 Å². The van der Waals surface area contributed by atoms with Gasteiger partial charge in [-0.2, -0.15) is 0 Å². The number of halogens is 1. The molecule has 0 spiro atoms. The highest BCUT2D eigenvalue weighted by Crippen LogP contribution is 2.41. The number of nitrogens with two attached hydrogens (primary N) is 1. The summed E-state index contributed by atoms with van der Waals surface area (Å²) < 4.78 is 25.8. The van der Waals surface area contributed by atoms with E-state index in [-0.39, 0.29) is 11.9 Å². The molecule has 0 aromatic heterocycles. The first kappa shape index (κ1) is 18.5. The molecule has 2 aromatic rings. The molecule has 2 N–H and O–H groups in total. The maximum absolute atomic E-state index is 14.3. The van der Waals surface area contributed by atoms with Crippen LogP contribution >= 0.6 is 0 Å². The molecule has 0 saturated carbocycles. The van der Waals surface area contributed by atoms with Crippen molar-refractivity contribution in [3.8, 4) is 16.9 Å². The molecule has 2 aliphatic rings. The third-order valence-corrected chi connectivity index (χ3v) is 5.98. The van der Waals surface area contributed by atoms with Gasteiger partial charge in [0, 0.05) is 24.8 Å². The molecule has 1 atom stereocenters. The summed E-state index contributed by atoms with van der Waals surface area (Å²) in [6, 6.07) is 7.49. The number of fused-ring (bicyclic) bond motifs is 1. The van der Waals surface area contributed by atoms with Gasteiger partial charge in [0.2, 0.25) is 0 Å². The zero-order chi connectivity index (χ0) is 19.0. The Morgan fingerprint density at radius 2 is 1.81 bits per heavy atom. The first-order valence-corrected chi connectivity index (χ1v) is 9.93. The topological polar surface area (TPSA) is 44.5 Å². The van der Waals surface area contributed by atoms with E-state index < -0.39 is 0 Å². The summed E-state index contributed by atoms with van der Waals surface area (Å²) in [5, 5.41) is 0. The fourth-order valence-electron chi connectivity index (χ4n) is 4.54. The summed E-state index contributed by atoms with van der Waals surface area (Å²) in [6.07, 6.45) is 3.79. The number of hydrogen-bond donors (Lipinski definition) is 1. The second-order valence-electron chi connectivity index (χ2n) is 7.93. The minimum Gasteiger partial charge on any atom is -0.493 e. The van der Waals surface area contributed by atoms with E-state index in [2.05, 4.69) is 26.0 Å². The Kier molecular flexibility index (Phi) is 5.20. The molecule has 144 valence electrons. The molecule has 0 unspecified atom stereocenters. The highest BCUT2D eigenvalue weighted by Gasteiger charge is 2.27. The normalized spacial score (nSPS) is 19.9. The summed E-state index contributed by atoms with van der Waals surface area (Å²) in [7, 11) is 0. The largest absolute Gasteiger partial charge is 0.493 e. The predicted molar refractivity (Wildman–Crippen MR) is 106 cm³/mol. The fourth-order valence-corrected chi connectivity index (χ4v) is 4.54. The van der Waals surface area contributed by atoms with Crippen molar-refractivity contribution in [1.29, 1.82) is 0 Å². The monoisotopic (exact) mass is 369 g/mol. The lowest BCUT2D eigenvalue weighted by Gasteiger charge is -2.23. The SMILES string of the molecule is Cc1cc(OCC2CCOCC2)cc(C)c1-c1ccc(F)c2c1CC[C@H]2N. The fraction of sp³-hybridized carbons (Fsp3) is 0.478. The van der Waals surface area contributed by atoms with Gasteiger partial charge in [0.05, 0.1) is 6.61 Å². The molecule has 1 aliphatic carbocycles. The lowest BCUT2D eigenvalue weighted by Crippen LogP contribution is -2.21. The van der Waals surface area contributed by atoms with Crippen LogP contribution in [0, 0.1) is 25.6 Å². The minimum absolute atomic E-state index is 0.175. The number of rotatable bonds is 4. The summed E-state index contributed by atoms with van der Waals surface area (Å²) >= 11 is 0. The average Bonchev–Trinajstić information content (AvgIpc) is 3.05. The summed E-state index contributed by atoms with van der Waals surface area (Å²) in [4.78, 5) is 0. The average molecular weight is 369 g/mol. The van der Waals surface area contributed by atoms with Crippen LogP contribution in [0.2, 0.25) is 0 Å². The summed E-state index contributed by atoms with van der Waals surface area (Å²) in [6.45, 7) is 6.62. The van der Waals surface area contributed by atoms with E-state index in [1.165, 1.54) is 5.56 Å². The molecular formula is C23H28FNO2. The standard InChI is InChI=1S/C23H28FNO2/c1-14-11-17(27-13-16-7-9-26-10-8-16)12-15(2)22(14)18-3-5-20(24)23-19(18)4-6-21(23)25/h3,5,11-12,16,21H,4,6-10,13,25H2,1-2H3/t21-/m1/s1. The van der Waals surface area contributed by atoms with E-state index in [9.17, 15) is 4.39 Å². The minimum atomic E-state index is -0.192. The van der Waals surface area contributed by atoms with Crippen LogP contribution in [0.4, 0.5) is 4.39 Å². The van der Waals surface area contributed by atoms with Gasteiger partial charge < -0.3 is 15.2 Å². The van der Waals surface area contributed by atoms with Gasteiger partial charge in [-0.15, -0.1) is 0 Å². The van der Waals surface area contributed by atoms with Gasteiger partial charge in [-0.3, -0.25) is 0 Å². The number of benzene rings is 2. The Labute approximate surface area is 160 Å². The van der Waals surface area contributed by atoms with Crippen LogP contribution in [-0.2, 0) is 11.2 Å². The number of ether oxygens (including phenoxy) is 2. The van der Waals surface area contributed by atoms with E-state index in [0.29, 0.717) is 11.5 Å². The van der Waals surface area contributed by atoms with Crippen molar-refractivity contribution < 1.29 is 13.9 Å². The van der Waals surface area contributed by atoms with Crippen molar-refractivity contribution >= 4 is 0 Å². The molecule has 1 fully saturated rings. The molecule has 2 aromatic carbocycles. The summed E-state index contributed by atoms with van der Waals surface area (Å²) in [5.41, 5.74) is 12.5. The Morgan fingerprint density at radius 1 is 1.11 bits per heavy atom. The van der Waals surface area contributed by atoms with Gasteiger partial charge >= 0.3 is 0 Å². The molecule has 1 heterocycles. The smallest absolute Gasteiger partial charge is 0.128 e. The predicted octanol–water partition coefficient (Wildman–Crippen LogP) is 4.86. The van der Waals surface area contributed by atoms with E-state index in [1.807, 2.05) is 6.07 Å². The highest BCUT2D eigenvalue weighted by molar-refractivity contribution is 5.76. The van der Waals surface area contributed by atoms with Crippen LogP contribution in [0.25, 0.3) is 11.1 Å². The van der Waals surface area contributed by atoms with Crippen LogP contribution in [0.3, 0.4) is 0 Å². The molecule has 0 bridgehead atoms. The van der Waals surface area contributed by atoms with Gasteiger partial charge in [-0.05, 0) is 91.5 Å². The van der Waals surface area contributed by atoms with Crippen molar-refractivity contribution in [3.05, 3.63) is 52.3 Å². The van der Waals surface area contributed by atoms with Crippen molar-refractivity contribution in [2.24, 2.45) is 11.7 Å². The quantitative estimate of drug-likeness (QED) is 0.837. The van der Waals surface area contributed by atoms with Crippen molar-refractivity contribution in [1.82, 2.24) is 0 Å². The third kappa shape index (κ3) is 3.61. The Hall–Kier alpha value is -1.91. The van der Waals surface area contributed by atoms with Gasteiger partial charge in [-0.25, -0.2) is 4.39 Å². The van der Waals surface area contributed by atoms with Crippen LogP contribution < -0.4 is 10.5 Å². The molecule has 1 aliphatic heterocycles. The van der Waals surface area contributed by atoms with E-state index >= 15 is 0 Å². The third-order valence-electron chi connectivity index (χ3n) is 5.98. The lowest BCUT2D eigenvalue weighted by molar-refractivity contribution is 0.0497. The van der Waals surface area contributed by atoms with Crippen molar-refractivity contribution in [3.63, 3.8) is 0 Å². The van der Waals surface area contributed by atoms with Crippen molar-refractivity contribution in [2.75, 3.05) is 19.8 Å². The second-order valence-corrected chi connectivity index (χ2v) is 7.93. The molecule has 4 rings (SSSR count). The molecular weight excluding hydrogens is 341 g/mol. The van der Waals surface area contributed by atoms with E-state index in [0.717, 1.165) is 73.5 Å². The molecule has 1 saturated heterocycles. The second kappa shape index (κ2) is 7.61.